The van der Waals surface area contributed by atoms with E-state index in [0.717, 1.165) is 11.4 Å². The van der Waals surface area contributed by atoms with E-state index >= 15 is 0 Å². The number of anilines is 3. The zero-order valence-corrected chi connectivity index (χ0v) is 20.3. The second-order valence-electron chi connectivity index (χ2n) is 8.80. The number of ether oxygens (including phenoxy) is 1. The first kappa shape index (κ1) is 24.7. The Labute approximate surface area is 200 Å². The first-order valence-corrected chi connectivity index (χ1v) is 11.1. The molecule has 0 saturated carbocycles. The number of nitrogens with one attached hydrogen (secondary N) is 2. The third-order valence-corrected chi connectivity index (χ3v) is 4.88. The molecule has 2 heterocycles. The minimum absolute atomic E-state index is 0.274. The summed E-state index contributed by atoms with van der Waals surface area (Å²) in [5, 5.41) is 5.83. The van der Waals surface area contributed by atoms with Crippen LogP contribution in [0.4, 0.5) is 22.0 Å². The molecule has 3 aromatic rings. The Morgan fingerprint density at radius 1 is 1.03 bits per heavy atom. The summed E-state index contributed by atoms with van der Waals surface area (Å²) in [5.74, 6) is 0.239. The molecule has 0 saturated heterocycles. The van der Waals surface area contributed by atoms with Gasteiger partial charge in [0.15, 0.2) is 0 Å². The van der Waals surface area contributed by atoms with E-state index < -0.39 is 11.7 Å². The van der Waals surface area contributed by atoms with E-state index in [4.69, 9.17) is 4.74 Å². The highest BCUT2D eigenvalue weighted by molar-refractivity contribution is 6.07. The van der Waals surface area contributed by atoms with Crippen molar-refractivity contribution in [2.45, 2.75) is 39.7 Å². The molecule has 0 aliphatic heterocycles. The zero-order chi connectivity index (χ0) is 24.7. The molecule has 178 valence electrons. The first-order valence-electron chi connectivity index (χ1n) is 11.1. The van der Waals surface area contributed by atoms with E-state index in [-0.39, 0.29) is 5.91 Å². The van der Waals surface area contributed by atoms with Crippen LogP contribution in [-0.2, 0) is 11.2 Å². The molecule has 0 aliphatic rings. The van der Waals surface area contributed by atoms with E-state index in [1.165, 1.54) is 0 Å². The molecule has 0 bridgehead atoms. The van der Waals surface area contributed by atoms with Crippen molar-refractivity contribution in [3.63, 3.8) is 0 Å². The van der Waals surface area contributed by atoms with Crippen molar-refractivity contribution < 1.29 is 14.3 Å². The molecule has 34 heavy (non-hydrogen) atoms. The van der Waals surface area contributed by atoms with Crippen LogP contribution in [0.3, 0.4) is 0 Å². The van der Waals surface area contributed by atoms with Crippen LogP contribution >= 0.6 is 0 Å². The minimum Gasteiger partial charge on any atom is -0.443 e. The molecule has 8 heteroatoms. The molecule has 1 aromatic carbocycles. The molecule has 2 N–H and O–H groups in total. The smallest absolute Gasteiger partial charge is 0.414 e. The van der Waals surface area contributed by atoms with Gasteiger partial charge in [-0.3, -0.25) is 14.7 Å². The Morgan fingerprint density at radius 2 is 1.76 bits per heavy atom. The summed E-state index contributed by atoms with van der Waals surface area (Å²) in [6.45, 7) is 7.77. The van der Waals surface area contributed by atoms with E-state index in [0.29, 0.717) is 35.7 Å². The third kappa shape index (κ3) is 6.78. The average molecular weight is 462 g/mol. The Kier molecular flexibility index (Phi) is 7.83. The number of nitrogens with zero attached hydrogens (tertiary/aromatic N) is 3. The van der Waals surface area contributed by atoms with Crippen LogP contribution in [0, 0.1) is 6.92 Å². The highest BCUT2D eigenvalue weighted by atomic mass is 16.6. The Bertz CT molecular complexity index is 1130. The van der Waals surface area contributed by atoms with Gasteiger partial charge in [-0.25, -0.2) is 9.78 Å². The van der Waals surface area contributed by atoms with Crippen molar-refractivity contribution in [2.75, 3.05) is 29.1 Å². The largest absolute Gasteiger partial charge is 0.443 e. The van der Waals surface area contributed by atoms with Crippen LogP contribution in [0.25, 0.3) is 0 Å². The van der Waals surface area contributed by atoms with Gasteiger partial charge in [0.05, 0.1) is 5.56 Å². The molecule has 2 aromatic heterocycles. The molecule has 0 spiro atoms. The molecule has 0 fully saturated rings. The average Bonchev–Trinajstić information content (AvgIpc) is 2.79. The van der Waals surface area contributed by atoms with Crippen molar-refractivity contribution in [2.24, 2.45) is 0 Å². The summed E-state index contributed by atoms with van der Waals surface area (Å²) in [4.78, 5) is 36.0. The van der Waals surface area contributed by atoms with Crippen molar-refractivity contribution in [3.8, 4) is 0 Å². The van der Waals surface area contributed by atoms with E-state index in [2.05, 4.69) is 20.6 Å². The third-order valence-electron chi connectivity index (χ3n) is 4.88. The lowest BCUT2D eigenvalue weighted by Gasteiger charge is -2.27. The lowest BCUT2D eigenvalue weighted by molar-refractivity contribution is 0.0580. The Morgan fingerprint density at radius 3 is 2.38 bits per heavy atom. The molecule has 0 aliphatic carbocycles. The number of aromatic nitrogens is 2. The monoisotopic (exact) mass is 461 g/mol. The van der Waals surface area contributed by atoms with Gasteiger partial charge in [0.25, 0.3) is 5.91 Å². The number of aryl methyl sites for hydroxylation is 1. The Balaban J connectivity index is 1.77. The normalized spacial score (nSPS) is 11.0. The SMILES string of the molecule is CNc1nc(C)ccc1C(=O)Nc1ccc(N(CCc2ccccn2)C(=O)OC(C)(C)C)cc1. The molecule has 0 unspecified atom stereocenters. The Hall–Kier alpha value is -3.94. The van der Waals surface area contributed by atoms with Crippen molar-refractivity contribution in [3.05, 3.63) is 77.7 Å². The summed E-state index contributed by atoms with van der Waals surface area (Å²) in [7, 11) is 1.73. The van der Waals surface area contributed by atoms with E-state index in [1.807, 2.05) is 45.9 Å². The highest BCUT2D eigenvalue weighted by Gasteiger charge is 2.23. The van der Waals surface area contributed by atoms with Crippen LogP contribution in [0.1, 0.15) is 42.5 Å². The second-order valence-corrected chi connectivity index (χ2v) is 8.80. The number of carbonyl (C=O) groups excluding carboxylic acids is 2. The van der Waals surface area contributed by atoms with Crippen LogP contribution in [0.2, 0.25) is 0 Å². The standard InChI is InChI=1S/C26H31N5O3/c1-18-9-14-22(23(27-5)29-18)24(32)30-20-10-12-21(13-11-20)31(25(33)34-26(2,3)4)17-15-19-8-6-7-16-28-19/h6-14,16H,15,17H2,1-5H3,(H,27,29)(H,30,32). The lowest BCUT2D eigenvalue weighted by Crippen LogP contribution is -2.38. The van der Waals surface area contributed by atoms with Gasteiger partial charge < -0.3 is 15.4 Å². The van der Waals surface area contributed by atoms with Crippen molar-refractivity contribution >= 4 is 29.2 Å². The summed E-state index contributed by atoms with van der Waals surface area (Å²) in [6.07, 6.45) is 1.86. The molecular weight excluding hydrogens is 430 g/mol. The first-order chi connectivity index (χ1) is 16.2. The fourth-order valence-electron chi connectivity index (χ4n) is 3.27. The minimum atomic E-state index is -0.624. The maximum absolute atomic E-state index is 12.9. The topological polar surface area (TPSA) is 96.5 Å². The van der Waals surface area contributed by atoms with Gasteiger partial charge in [-0.05, 0) is 76.2 Å². The molecule has 3 rings (SSSR count). The van der Waals surface area contributed by atoms with E-state index in [1.54, 1.807) is 54.5 Å². The van der Waals surface area contributed by atoms with Crippen molar-refractivity contribution in [1.82, 2.24) is 9.97 Å². The second kappa shape index (κ2) is 10.8. The zero-order valence-electron chi connectivity index (χ0n) is 20.3. The van der Waals surface area contributed by atoms with Crippen LogP contribution in [0.5, 0.6) is 0 Å². The summed E-state index contributed by atoms with van der Waals surface area (Å²) in [5.41, 5.74) is 2.79. The summed E-state index contributed by atoms with van der Waals surface area (Å²) in [6, 6.07) is 16.3. The summed E-state index contributed by atoms with van der Waals surface area (Å²) >= 11 is 0. The number of hydrogen-bond donors (Lipinski definition) is 2. The van der Waals surface area contributed by atoms with Gasteiger partial charge >= 0.3 is 6.09 Å². The van der Waals surface area contributed by atoms with Crippen molar-refractivity contribution in [1.29, 1.82) is 0 Å². The number of benzene rings is 1. The van der Waals surface area contributed by atoms with Gasteiger partial charge in [0.1, 0.15) is 11.4 Å². The molecule has 8 nitrogen and oxygen atoms in total. The fraction of sp³-hybridized carbons (Fsp3) is 0.308. The number of rotatable bonds is 7. The molecular formula is C26H31N5O3. The van der Waals surface area contributed by atoms with Gasteiger partial charge in [0, 0.05) is 49.0 Å². The van der Waals surface area contributed by atoms with E-state index in [9.17, 15) is 9.59 Å². The lowest BCUT2D eigenvalue weighted by atomic mass is 10.2. The maximum Gasteiger partial charge on any atom is 0.414 e. The van der Waals surface area contributed by atoms with Gasteiger partial charge in [-0.1, -0.05) is 6.07 Å². The van der Waals surface area contributed by atoms with Gasteiger partial charge in [-0.2, -0.15) is 0 Å². The quantitative estimate of drug-likeness (QED) is 0.510. The molecule has 0 atom stereocenters. The highest BCUT2D eigenvalue weighted by Crippen LogP contribution is 2.22. The van der Waals surface area contributed by atoms with Gasteiger partial charge in [-0.15, -0.1) is 0 Å². The molecule has 2 amide bonds. The van der Waals surface area contributed by atoms with Crippen LogP contribution < -0.4 is 15.5 Å². The number of hydrogen-bond acceptors (Lipinski definition) is 6. The predicted molar refractivity (Wildman–Crippen MR) is 134 cm³/mol. The predicted octanol–water partition coefficient (Wildman–Crippen LogP) is 5.06. The van der Waals surface area contributed by atoms with Crippen LogP contribution in [-0.4, -0.2) is 41.2 Å². The molecule has 0 radical (unpaired) electrons. The van der Waals surface area contributed by atoms with Crippen LogP contribution in [0.15, 0.2) is 60.8 Å². The summed E-state index contributed by atoms with van der Waals surface area (Å²) < 4.78 is 5.61. The fourth-order valence-corrected chi connectivity index (χ4v) is 3.27. The number of carbonyl (C=O) groups is 2. The number of amides is 2. The van der Waals surface area contributed by atoms with Gasteiger partial charge in [0.2, 0.25) is 0 Å². The number of pyridine rings is 2. The maximum atomic E-state index is 12.9.